The van der Waals surface area contributed by atoms with Crippen molar-refractivity contribution in [2.75, 3.05) is 6.54 Å². The van der Waals surface area contributed by atoms with Crippen molar-refractivity contribution in [2.24, 2.45) is 29.6 Å². The summed E-state index contributed by atoms with van der Waals surface area (Å²) in [6, 6.07) is 3.09. The minimum absolute atomic E-state index is 0.795. The molecule has 3 aliphatic carbocycles. The number of hydrogen-bond donors (Lipinski definition) is 1. The van der Waals surface area contributed by atoms with E-state index in [4.69, 9.17) is 0 Å². The molecule has 1 nitrogen and oxygen atoms in total. The van der Waals surface area contributed by atoms with Crippen LogP contribution in [0.3, 0.4) is 0 Å². The van der Waals surface area contributed by atoms with E-state index in [1.165, 1.54) is 12.8 Å². The van der Waals surface area contributed by atoms with E-state index in [-0.39, 0.29) is 0 Å². The average molecular weight is 275 g/mol. The Morgan fingerprint density at radius 2 is 2.11 bits per heavy atom. The predicted octanol–water partition coefficient (Wildman–Crippen LogP) is 3.95. The monoisotopic (exact) mass is 275 g/mol. The number of hydrogen-bond acceptors (Lipinski definition) is 2. The highest BCUT2D eigenvalue weighted by atomic mass is 32.1. The summed E-state index contributed by atoms with van der Waals surface area (Å²) in [5, 5.41) is 8.34. The van der Waals surface area contributed by atoms with E-state index >= 15 is 0 Å². The zero-order valence-electron chi connectivity index (χ0n) is 11.8. The quantitative estimate of drug-likeness (QED) is 0.829. The van der Waals surface area contributed by atoms with Gasteiger partial charge in [0.25, 0.3) is 0 Å². The third kappa shape index (κ3) is 2.08. The molecule has 1 heterocycles. The first-order valence-corrected chi connectivity index (χ1v) is 9.07. The summed E-state index contributed by atoms with van der Waals surface area (Å²) in [5.41, 5.74) is 1.54. The van der Waals surface area contributed by atoms with Crippen LogP contribution in [0.4, 0.5) is 0 Å². The third-order valence-electron chi connectivity index (χ3n) is 6.05. The molecule has 1 aromatic rings. The van der Waals surface area contributed by atoms with Crippen molar-refractivity contribution in [3.63, 3.8) is 0 Å². The highest BCUT2D eigenvalue weighted by Gasteiger charge is 2.66. The van der Waals surface area contributed by atoms with Gasteiger partial charge in [-0.25, -0.2) is 0 Å². The zero-order valence-corrected chi connectivity index (χ0v) is 12.7. The van der Waals surface area contributed by atoms with E-state index in [9.17, 15) is 0 Å². The maximum Gasteiger partial charge on any atom is 0.0104 e. The molecule has 3 aliphatic rings. The highest BCUT2D eigenvalue weighted by molar-refractivity contribution is 7.07. The van der Waals surface area contributed by atoms with Crippen LogP contribution in [0.2, 0.25) is 0 Å². The van der Waals surface area contributed by atoms with Gasteiger partial charge >= 0.3 is 0 Å². The summed E-state index contributed by atoms with van der Waals surface area (Å²) in [4.78, 5) is 0. The molecule has 2 bridgehead atoms. The molecule has 0 spiro atoms. The Labute approximate surface area is 120 Å². The summed E-state index contributed by atoms with van der Waals surface area (Å²) >= 11 is 1.84. The largest absolute Gasteiger partial charge is 0.314 e. The van der Waals surface area contributed by atoms with Crippen molar-refractivity contribution in [1.29, 1.82) is 0 Å². The summed E-state index contributed by atoms with van der Waals surface area (Å²) in [6.45, 7) is 3.41. The predicted molar refractivity (Wildman–Crippen MR) is 81.4 cm³/mol. The van der Waals surface area contributed by atoms with Crippen molar-refractivity contribution < 1.29 is 0 Å². The average Bonchev–Trinajstić information content (AvgIpc) is 2.83. The zero-order chi connectivity index (χ0) is 12.8. The van der Waals surface area contributed by atoms with Gasteiger partial charge in [-0.05, 0) is 90.6 Å². The Kier molecular flexibility index (Phi) is 3.19. The minimum Gasteiger partial charge on any atom is -0.314 e. The van der Waals surface area contributed by atoms with Crippen LogP contribution < -0.4 is 5.32 Å². The lowest BCUT2D eigenvalue weighted by atomic mass is 9.94. The smallest absolute Gasteiger partial charge is 0.0104 e. The van der Waals surface area contributed by atoms with Gasteiger partial charge in [-0.15, -0.1) is 0 Å². The highest BCUT2D eigenvalue weighted by Crippen LogP contribution is 2.70. The Morgan fingerprint density at radius 1 is 1.32 bits per heavy atom. The molecule has 2 heteroatoms. The molecular formula is C17H25NS. The number of fused-ring (bicyclic) bond motifs is 5. The lowest BCUT2D eigenvalue weighted by Gasteiger charge is -2.21. The van der Waals surface area contributed by atoms with Gasteiger partial charge in [-0.3, -0.25) is 0 Å². The summed E-state index contributed by atoms with van der Waals surface area (Å²) in [6.07, 6.45) is 7.29. The van der Waals surface area contributed by atoms with Gasteiger partial charge < -0.3 is 5.32 Å². The van der Waals surface area contributed by atoms with Crippen LogP contribution in [0.25, 0.3) is 0 Å². The lowest BCUT2D eigenvalue weighted by molar-refractivity contribution is 0.353. The number of nitrogens with one attached hydrogen (secondary N) is 1. The molecule has 4 rings (SSSR count). The number of aryl methyl sites for hydroxylation is 1. The van der Waals surface area contributed by atoms with Crippen LogP contribution in [-0.2, 0) is 6.42 Å². The maximum absolute atomic E-state index is 3.81. The lowest BCUT2D eigenvalue weighted by Crippen LogP contribution is -2.33. The van der Waals surface area contributed by atoms with Gasteiger partial charge in [0.1, 0.15) is 0 Å². The van der Waals surface area contributed by atoms with Gasteiger partial charge in [0.15, 0.2) is 0 Å². The molecule has 0 saturated heterocycles. The van der Waals surface area contributed by atoms with Crippen LogP contribution in [0.1, 0.15) is 38.2 Å². The van der Waals surface area contributed by atoms with E-state index in [1.807, 2.05) is 11.3 Å². The van der Waals surface area contributed by atoms with Gasteiger partial charge in [-0.1, -0.05) is 6.92 Å². The molecule has 3 saturated carbocycles. The Bertz CT molecular complexity index is 410. The van der Waals surface area contributed by atoms with E-state index in [1.54, 1.807) is 24.8 Å². The Hall–Kier alpha value is -0.340. The van der Waals surface area contributed by atoms with Crippen molar-refractivity contribution in [3.8, 4) is 0 Å². The van der Waals surface area contributed by atoms with Gasteiger partial charge in [0.2, 0.25) is 0 Å². The van der Waals surface area contributed by atoms with E-state index in [0.717, 1.165) is 42.2 Å². The Morgan fingerprint density at radius 3 is 2.74 bits per heavy atom. The molecule has 0 aromatic carbocycles. The van der Waals surface area contributed by atoms with Gasteiger partial charge in [-0.2, -0.15) is 11.3 Å². The fourth-order valence-electron chi connectivity index (χ4n) is 5.38. The first-order chi connectivity index (χ1) is 9.38. The number of rotatable bonds is 6. The number of thiophene rings is 1. The molecule has 19 heavy (non-hydrogen) atoms. The van der Waals surface area contributed by atoms with Crippen LogP contribution in [0, 0.1) is 29.6 Å². The molecule has 3 fully saturated rings. The van der Waals surface area contributed by atoms with Gasteiger partial charge in [0.05, 0.1) is 0 Å². The summed E-state index contributed by atoms with van der Waals surface area (Å²) in [7, 11) is 0. The second-order valence-electron chi connectivity index (χ2n) is 6.90. The third-order valence-corrected chi connectivity index (χ3v) is 6.78. The van der Waals surface area contributed by atoms with E-state index < -0.39 is 0 Å². The molecule has 0 aliphatic heterocycles. The fraction of sp³-hybridized carbons (Fsp3) is 0.765. The topological polar surface area (TPSA) is 12.0 Å². The molecule has 5 unspecified atom stereocenters. The maximum atomic E-state index is 3.81. The van der Waals surface area contributed by atoms with Crippen LogP contribution in [0.15, 0.2) is 16.8 Å². The molecule has 0 amide bonds. The summed E-state index contributed by atoms with van der Waals surface area (Å²) < 4.78 is 0. The molecule has 0 radical (unpaired) electrons. The molecule has 1 aromatic heterocycles. The van der Waals surface area contributed by atoms with Gasteiger partial charge in [0, 0.05) is 6.04 Å². The van der Waals surface area contributed by atoms with Crippen molar-refractivity contribution in [2.45, 2.75) is 45.1 Å². The summed E-state index contributed by atoms with van der Waals surface area (Å²) in [5.74, 6) is 5.49. The van der Waals surface area contributed by atoms with Crippen LogP contribution in [-0.4, -0.2) is 12.6 Å². The molecule has 5 atom stereocenters. The SMILES string of the molecule is CCNC(CCc1ccsc1)C1C2C3CCC(C3)C21. The molecule has 104 valence electrons. The second-order valence-corrected chi connectivity index (χ2v) is 7.68. The van der Waals surface area contributed by atoms with E-state index in [2.05, 4.69) is 29.1 Å². The normalized spacial score (nSPS) is 40.4. The first-order valence-electron chi connectivity index (χ1n) is 8.13. The molecular weight excluding hydrogens is 250 g/mol. The fourth-order valence-corrected chi connectivity index (χ4v) is 6.08. The van der Waals surface area contributed by atoms with Crippen LogP contribution >= 0.6 is 11.3 Å². The van der Waals surface area contributed by atoms with Crippen molar-refractivity contribution in [3.05, 3.63) is 22.4 Å². The Balaban J connectivity index is 1.39. The van der Waals surface area contributed by atoms with Crippen molar-refractivity contribution >= 4 is 11.3 Å². The first kappa shape index (κ1) is 12.4. The standard InChI is InChI=1S/C17H25NS/c1-2-18-14(6-3-11-7-8-19-10-11)17-15-12-4-5-13(9-12)16(15)17/h7-8,10,12-18H,2-6,9H2,1H3. The van der Waals surface area contributed by atoms with Crippen molar-refractivity contribution in [1.82, 2.24) is 5.32 Å². The minimum atomic E-state index is 0.795. The molecule has 1 N–H and O–H groups in total. The van der Waals surface area contributed by atoms with E-state index in [0.29, 0.717) is 0 Å². The van der Waals surface area contributed by atoms with Crippen LogP contribution in [0.5, 0.6) is 0 Å². The second kappa shape index (κ2) is 4.89.